The summed E-state index contributed by atoms with van der Waals surface area (Å²) in [5.74, 6) is -1.24. The first kappa shape index (κ1) is 17.8. The van der Waals surface area contributed by atoms with Gasteiger partial charge in [-0.05, 0) is 70.3 Å². The quantitative estimate of drug-likeness (QED) is 0.433. The van der Waals surface area contributed by atoms with Gasteiger partial charge < -0.3 is 0 Å². The Morgan fingerprint density at radius 3 is 2.00 bits per heavy atom. The second kappa shape index (κ2) is 6.52. The molecule has 0 spiro atoms. The van der Waals surface area contributed by atoms with E-state index >= 15 is 0 Å². The molecule has 1 aliphatic rings. The molecule has 0 atom stereocenters. The van der Waals surface area contributed by atoms with Crippen molar-refractivity contribution in [2.75, 3.05) is 0 Å². The van der Waals surface area contributed by atoms with E-state index < -0.39 is 17.6 Å². The minimum Gasteiger partial charge on any atom is -0.206 e. The normalized spacial score (nSPS) is 13.2. The van der Waals surface area contributed by atoms with E-state index in [1.807, 2.05) is 18.2 Å². The summed E-state index contributed by atoms with van der Waals surface area (Å²) < 4.78 is 52.2. The molecule has 4 heteroatoms. The zero-order chi connectivity index (χ0) is 19.2. The summed E-state index contributed by atoms with van der Waals surface area (Å²) in [6.45, 7) is 2.13. The fourth-order valence-electron chi connectivity index (χ4n) is 3.77. The number of halogens is 4. The standard InChI is InChI=1S/C23H18F4/c1-2-14-3-8-19-17(11-14)4-5-18-12-15(6-9-20(18)19)16-7-10-21(22(24)13-16)23(25,26)27/h3,6-13H,2,4-5H2,1H3. The fraction of sp³-hybridized carbons (Fsp3) is 0.217. The minimum absolute atomic E-state index is 0.454. The van der Waals surface area contributed by atoms with Gasteiger partial charge in [-0.25, -0.2) is 4.39 Å². The molecule has 0 radical (unpaired) electrons. The summed E-state index contributed by atoms with van der Waals surface area (Å²) >= 11 is 0. The van der Waals surface area contributed by atoms with Crippen LogP contribution in [0.1, 0.15) is 29.2 Å². The first-order valence-electron chi connectivity index (χ1n) is 8.99. The van der Waals surface area contributed by atoms with E-state index in [-0.39, 0.29) is 0 Å². The average Bonchev–Trinajstić information content (AvgIpc) is 2.65. The highest BCUT2D eigenvalue weighted by atomic mass is 19.4. The van der Waals surface area contributed by atoms with Gasteiger partial charge in [0.25, 0.3) is 0 Å². The molecular formula is C23H18F4. The first-order chi connectivity index (χ1) is 12.9. The molecule has 0 fully saturated rings. The highest BCUT2D eigenvalue weighted by Gasteiger charge is 2.34. The lowest BCUT2D eigenvalue weighted by molar-refractivity contribution is -0.139. The van der Waals surface area contributed by atoms with Crippen LogP contribution in [0.2, 0.25) is 0 Å². The van der Waals surface area contributed by atoms with E-state index in [0.717, 1.165) is 48.1 Å². The number of rotatable bonds is 2. The summed E-state index contributed by atoms with van der Waals surface area (Å²) in [4.78, 5) is 0. The van der Waals surface area contributed by atoms with Crippen molar-refractivity contribution in [2.45, 2.75) is 32.4 Å². The average molecular weight is 370 g/mol. The third-order valence-corrected chi connectivity index (χ3v) is 5.24. The Morgan fingerprint density at radius 2 is 1.37 bits per heavy atom. The molecular weight excluding hydrogens is 352 g/mol. The molecule has 0 nitrogen and oxygen atoms in total. The summed E-state index contributed by atoms with van der Waals surface area (Å²) in [5, 5.41) is 0. The predicted octanol–water partition coefficient (Wildman–Crippen LogP) is 6.84. The predicted molar refractivity (Wildman–Crippen MR) is 99.1 cm³/mol. The van der Waals surface area contributed by atoms with Crippen molar-refractivity contribution in [3.63, 3.8) is 0 Å². The van der Waals surface area contributed by atoms with Crippen LogP contribution in [0.25, 0.3) is 22.3 Å². The molecule has 1 aliphatic carbocycles. The lowest BCUT2D eigenvalue weighted by atomic mass is 9.83. The Morgan fingerprint density at radius 1 is 0.778 bits per heavy atom. The van der Waals surface area contributed by atoms with E-state index in [1.165, 1.54) is 22.8 Å². The smallest absolute Gasteiger partial charge is 0.206 e. The van der Waals surface area contributed by atoms with Crippen LogP contribution in [-0.2, 0) is 25.4 Å². The lowest BCUT2D eigenvalue weighted by Gasteiger charge is -2.21. The SMILES string of the molecule is CCc1ccc2c(c1)CCc1cc(-c3ccc(C(F)(F)F)c(F)c3)ccc1-2. The topological polar surface area (TPSA) is 0 Å². The summed E-state index contributed by atoms with van der Waals surface area (Å²) in [6, 6.07) is 15.4. The Labute approximate surface area is 155 Å². The number of fused-ring (bicyclic) bond motifs is 3. The van der Waals surface area contributed by atoms with Crippen LogP contribution >= 0.6 is 0 Å². The van der Waals surface area contributed by atoms with Gasteiger partial charge in [-0.2, -0.15) is 13.2 Å². The zero-order valence-electron chi connectivity index (χ0n) is 14.8. The molecule has 0 amide bonds. The van der Waals surface area contributed by atoms with Gasteiger partial charge in [-0.1, -0.05) is 49.4 Å². The van der Waals surface area contributed by atoms with Gasteiger partial charge in [-0.15, -0.1) is 0 Å². The van der Waals surface area contributed by atoms with Gasteiger partial charge in [0.2, 0.25) is 0 Å². The molecule has 138 valence electrons. The molecule has 27 heavy (non-hydrogen) atoms. The van der Waals surface area contributed by atoms with E-state index in [2.05, 4.69) is 25.1 Å². The largest absolute Gasteiger partial charge is 0.419 e. The molecule has 0 aliphatic heterocycles. The van der Waals surface area contributed by atoms with Gasteiger partial charge in [-0.3, -0.25) is 0 Å². The minimum atomic E-state index is -4.68. The number of hydrogen-bond donors (Lipinski definition) is 0. The molecule has 3 aromatic rings. The molecule has 0 saturated heterocycles. The molecule has 0 N–H and O–H groups in total. The maximum Gasteiger partial charge on any atom is 0.419 e. The van der Waals surface area contributed by atoms with E-state index in [1.54, 1.807) is 0 Å². The number of alkyl halides is 3. The van der Waals surface area contributed by atoms with Crippen molar-refractivity contribution < 1.29 is 17.6 Å². The lowest BCUT2D eigenvalue weighted by Crippen LogP contribution is -2.08. The van der Waals surface area contributed by atoms with Gasteiger partial charge in [0.1, 0.15) is 5.82 Å². The Kier molecular flexibility index (Phi) is 4.29. The Hall–Kier alpha value is -2.62. The number of aryl methyl sites for hydroxylation is 3. The van der Waals surface area contributed by atoms with Gasteiger partial charge in [0.15, 0.2) is 0 Å². The monoisotopic (exact) mass is 370 g/mol. The van der Waals surface area contributed by atoms with Crippen molar-refractivity contribution in [1.29, 1.82) is 0 Å². The van der Waals surface area contributed by atoms with E-state index in [9.17, 15) is 17.6 Å². The summed E-state index contributed by atoms with van der Waals surface area (Å²) in [5.41, 5.74) is 6.10. The van der Waals surface area contributed by atoms with Crippen LogP contribution in [-0.4, -0.2) is 0 Å². The third-order valence-electron chi connectivity index (χ3n) is 5.24. The first-order valence-corrected chi connectivity index (χ1v) is 8.99. The van der Waals surface area contributed by atoms with Crippen molar-refractivity contribution in [3.05, 3.63) is 82.7 Å². The van der Waals surface area contributed by atoms with Crippen LogP contribution in [0, 0.1) is 5.82 Å². The van der Waals surface area contributed by atoms with Crippen LogP contribution in [0.15, 0.2) is 54.6 Å². The van der Waals surface area contributed by atoms with Crippen LogP contribution in [0.3, 0.4) is 0 Å². The molecule has 4 rings (SSSR count). The van der Waals surface area contributed by atoms with Gasteiger partial charge in [0.05, 0.1) is 5.56 Å². The second-order valence-electron chi connectivity index (χ2n) is 6.91. The van der Waals surface area contributed by atoms with E-state index in [4.69, 9.17) is 0 Å². The third kappa shape index (κ3) is 3.25. The van der Waals surface area contributed by atoms with Crippen molar-refractivity contribution in [3.8, 4) is 22.3 Å². The van der Waals surface area contributed by atoms with Crippen molar-refractivity contribution >= 4 is 0 Å². The molecule has 0 aromatic heterocycles. The molecule has 0 saturated carbocycles. The van der Waals surface area contributed by atoms with Crippen molar-refractivity contribution in [2.24, 2.45) is 0 Å². The molecule has 0 bridgehead atoms. The van der Waals surface area contributed by atoms with Crippen LogP contribution in [0.5, 0.6) is 0 Å². The zero-order valence-corrected chi connectivity index (χ0v) is 14.8. The van der Waals surface area contributed by atoms with Gasteiger partial charge >= 0.3 is 6.18 Å². The second-order valence-corrected chi connectivity index (χ2v) is 6.91. The summed E-state index contributed by atoms with van der Waals surface area (Å²) in [7, 11) is 0. The Bertz CT molecular complexity index is 1020. The fourth-order valence-corrected chi connectivity index (χ4v) is 3.77. The maximum atomic E-state index is 13.9. The van der Waals surface area contributed by atoms with Crippen LogP contribution < -0.4 is 0 Å². The molecule has 0 unspecified atom stereocenters. The maximum absolute atomic E-state index is 13.9. The van der Waals surface area contributed by atoms with E-state index in [0.29, 0.717) is 5.56 Å². The number of benzene rings is 3. The molecule has 0 heterocycles. The van der Waals surface area contributed by atoms with Gasteiger partial charge in [0, 0.05) is 0 Å². The highest BCUT2D eigenvalue weighted by molar-refractivity contribution is 5.77. The van der Waals surface area contributed by atoms with Crippen molar-refractivity contribution in [1.82, 2.24) is 0 Å². The Balaban J connectivity index is 1.73. The van der Waals surface area contributed by atoms with Crippen LogP contribution in [0.4, 0.5) is 17.6 Å². The number of hydrogen-bond acceptors (Lipinski definition) is 0. The molecule has 3 aromatic carbocycles. The highest BCUT2D eigenvalue weighted by Crippen LogP contribution is 2.38. The summed E-state index contributed by atoms with van der Waals surface area (Å²) in [6.07, 6.45) is -1.88.